The fourth-order valence-corrected chi connectivity index (χ4v) is 3.18. The Bertz CT molecular complexity index is 511. The van der Waals surface area contributed by atoms with Crippen molar-refractivity contribution in [3.8, 4) is 0 Å². The molecular formula is C12H22ClN3O2S. The van der Waals surface area contributed by atoms with Gasteiger partial charge in [0.1, 0.15) is 4.90 Å². The lowest BCUT2D eigenvalue weighted by Crippen LogP contribution is -2.44. The van der Waals surface area contributed by atoms with Crippen molar-refractivity contribution >= 4 is 21.6 Å². The van der Waals surface area contributed by atoms with Gasteiger partial charge in [-0.05, 0) is 26.7 Å². The maximum atomic E-state index is 12.5. The molecule has 1 heterocycles. The largest absolute Gasteiger partial charge is 0.271 e. The standard InChI is InChI=1S/C12H22ClN3O2S/c1-5-12(2,3)15(4)19(17,18)11-9-14-16(10-11)8-6-7-13/h9-10H,5-8H2,1-4H3. The summed E-state index contributed by atoms with van der Waals surface area (Å²) in [5, 5.41) is 4.06. The average molecular weight is 308 g/mol. The topological polar surface area (TPSA) is 55.2 Å². The van der Waals surface area contributed by atoms with Gasteiger partial charge in [0.25, 0.3) is 0 Å². The van der Waals surface area contributed by atoms with E-state index in [-0.39, 0.29) is 4.90 Å². The number of sulfonamides is 1. The summed E-state index contributed by atoms with van der Waals surface area (Å²) in [5.74, 6) is 0.532. The molecule has 0 bridgehead atoms. The van der Waals surface area contributed by atoms with Crippen molar-refractivity contribution < 1.29 is 8.42 Å². The number of halogens is 1. The van der Waals surface area contributed by atoms with E-state index in [9.17, 15) is 8.42 Å². The lowest BCUT2D eigenvalue weighted by atomic mass is 10.0. The number of rotatable bonds is 7. The second-order valence-electron chi connectivity index (χ2n) is 5.12. The van der Waals surface area contributed by atoms with E-state index in [0.717, 1.165) is 12.8 Å². The van der Waals surface area contributed by atoms with Crippen LogP contribution in [0.2, 0.25) is 0 Å². The van der Waals surface area contributed by atoms with Gasteiger partial charge < -0.3 is 0 Å². The van der Waals surface area contributed by atoms with Crippen molar-refractivity contribution in [2.45, 2.75) is 50.6 Å². The van der Waals surface area contributed by atoms with Gasteiger partial charge in [-0.15, -0.1) is 11.6 Å². The Morgan fingerprint density at radius 1 is 1.47 bits per heavy atom. The molecule has 0 N–H and O–H groups in total. The van der Waals surface area contributed by atoms with Crippen molar-refractivity contribution in [2.75, 3.05) is 12.9 Å². The fraction of sp³-hybridized carbons (Fsp3) is 0.750. The Hall–Kier alpha value is -0.590. The molecule has 0 unspecified atom stereocenters. The van der Waals surface area contributed by atoms with E-state index in [1.165, 1.54) is 10.5 Å². The maximum Gasteiger partial charge on any atom is 0.246 e. The molecule has 0 saturated carbocycles. The summed E-state index contributed by atoms with van der Waals surface area (Å²) >= 11 is 5.61. The molecule has 0 aromatic carbocycles. The summed E-state index contributed by atoms with van der Waals surface area (Å²) in [4.78, 5) is 0.228. The third-order valence-electron chi connectivity index (χ3n) is 3.51. The Kier molecular flexibility index (Phi) is 5.41. The molecular weight excluding hydrogens is 286 g/mol. The summed E-state index contributed by atoms with van der Waals surface area (Å²) in [6.07, 6.45) is 4.46. The number of hydrogen-bond acceptors (Lipinski definition) is 3. The Labute approximate surface area is 120 Å². The van der Waals surface area contributed by atoms with E-state index in [1.54, 1.807) is 17.9 Å². The molecule has 5 nitrogen and oxygen atoms in total. The molecule has 0 atom stereocenters. The predicted octanol–water partition coefficient (Wildman–Crippen LogP) is 2.32. The van der Waals surface area contributed by atoms with Gasteiger partial charge in [-0.1, -0.05) is 6.92 Å². The highest BCUT2D eigenvalue weighted by Crippen LogP contribution is 2.24. The van der Waals surface area contributed by atoms with Crippen LogP contribution in [0.3, 0.4) is 0 Å². The molecule has 0 spiro atoms. The summed E-state index contributed by atoms with van der Waals surface area (Å²) in [6.45, 7) is 6.40. The van der Waals surface area contributed by atoms with Gasteiger partial charge in [-0.3, -0.25) is 4.68 Å². The zero-order valence-corrected chi connectivity index (χ0v) is 13.5. The van der Waals surface area contributed by atoms with Crippen LogP contribution in [0, 0.1) is 0 Å². The fourth-order valence-electron chi connectivity index (χ4n) is 1.53. The first-order chi connectivity index (χ1) is 8.75. The van der Waals surface area contributed by atoms with E-state index >= 15 is 0 Å². The summed E-state index contributed by atoms with van der Waals surface area (Å²) < 4.78 is 28.0. The summed E-state index contributed by atoms with van der Waals surface area (Å²) in [7, 11) is -1.89. The van der Waals surface area contributed by atoms with Crippen molar-refractivity contribution in [3.05, 3.63) is 12.4 Å². The summed E-state index contributed by atoms with van der Waals surface area (Å²) in [5.41, 5.74) is -0.420. The Morgan fingerprint density at radius 2 is 2.11 bits per heavy atom. The third-order valence-corrected chi connectivity index (χ3v) is 5.80. The van der Waals surface area contributed by atoms with Crippen molar-refractivity contribution in [3.63, 3.8) is 0 Å². The normalized spacial score (nSPS) is 13.2. The first-order valence-electron chi connectivity index (χ1n) is 6.33. The van der Waals surface area contributed by atoms with Crippen LogP contribution in [0.25, 0.3) is 0 Å². The van der Waals surface area contributed by atoms with Gasteiger partial charge in [-0.25, -0.2) is 8.42 Å². The third kappa shape index (κ3) is 3.70. The van der Waals surface area contributed by atoms with Gasteiger partial charge in [0.15, 0.2) is 0 Å². The molecule has 110 valence electrons. The smallest absolute Gasteiger partial charge is 0.246 e. The highest BCUT2D eigenvalue weighted by Gasteiger charge is 2.33. The number of hydrogen-bond donors (Lipinski definition) is 0. The molecule has 0 aliphatic rings. The van der Waals surface area contributed by atoms with Gasteiger partial charge in [0.2, 0.25) is 10.0 Å². The van der Waals surface area contributed by atoms with Gasteiger partial charge in [0.05, 0.1) is 6.20 Å². The number of aryl methyl sites for hydroxylation is 1. The second kappa shape index (κ2) is 6.24. The van der Waals surface area contributed by atoms with E-state index < -0.39 is 15.6 Å². The van der Waals surface area contributed by atoms with Crippen LogP contribution in [0.1, 0.15) is 33.6 Å². The van der Waals surface area contributed by atoms with Crippen LogP contribution < -0.4 is 0 Å². The Balaban J connectivity index is 2.97. The Morgan fingerprint density at radius 3 is 2.63 bits per heavy atom. The van der Waals surface area contributed by atoms with E-state index in [4.69, 9.17) is 11.6 Å². The highest BCUT2D eigenvalue weighted by atomic mass is 35.5. The van der Waals surface area contributed by atoms with Crippen LogP contribution in [0.5, 0.6) is 0 Å². The van der Waals surface area contributed by atoms with E-state index in [1.807, 2.05) is 20.8 Å². The van der Waals surface area contributed by atoms with E-state index in [2.05, 4.69) is 5.10 Å². The minimum absolute atomic E-state index is 0.228. The maximum absolute atomic E-state index is 12.5. The number of aromatic nitrogens is 2. The monoisotopic (exact) mass is 307 g/mol. The van der Waals surface area contributed by atoms with Crippen LogP contribution in [0.15, 0.2) is 17.3 Å². The lowest BCUT2D eigenvalue weighted by Gasteiger charge is -2.33. The molecule has 1 rings (SSSR count). The second-order valence-corrected chi connectivity index (χ2v) is 7.47. The van der Waals surface area contributed by atoms with Crippen molar-refractivity contribution in [1.29, 1.82) is 0 Å². The molecule has 0 aliphatic carbocycles. The van der Waals surface area contributed by atoms with Gasteiger partial charge in [0, 0.05) is 31.2 Å². The molecule has 0 radical (unpaired) electrons. The first-order valence-corrected chi connectivity index (χ1v) is 8.30. The van der Waals surface area contributed by atoms with Crippen molar-refractivity contribution in [2.24, 2.45) is 0 Å². The zero-order valence-electron chi connectivity index (χ0n) is 11.9. The quantitative estimate of drug-likeness (QED) is 0.726. The van der Waals surface area contributed by atoms with Gasteiger partial charge >= 0.3 is 0 Å². The summed E-state index contributed by atoms with van der Waals surface area (Å²) in [6, 6.07) is 0. The van der Waals surface area contributed by atoms with Crippen LogP contribution in [-0.2, 0) is 16.6 Å². The predicted molar refractivity (Wildman–Crippen MR) is 76.9 cm³/mol. The highest BCUT2D eigenvalue weighted by molar-refractivity contribution is 7.89. The lowest BCUT2D eigenvalue weighted by molar-refractivity contribution is 0.257. The number of nitrogens with zero attached hydrogens (tertiary/aromatic N) is 3. The van der Waals surface area contributed by atoms with E-state index in [0.29, 0.717) is 12.4 Å². The molecule has 0 saturated heterocycles. The van der Waals surface area contributed by atoms with Crippen LogP contribution >= 0.6 is 11.6 Å². The van der Waals surface area contributed by atoms with Gasteiger partial charge in [-0.2, -0.15) is 9.40 Å². The zero-order chi connectivity index (χ0) is 14.7. The minimum Gasteiger partial charge on any atom is -0.271 e. The molecule has 1 aromatic heterocycles. The van der Waals surface area contributed by atoms with Crippen LogP contribution in [-0.4, -0.2) is 41.0 Å². The average Bonchev–Trinajstić information content (AvgIpc) is 2.84. The molecule has 19 heavy (non-hydrogen) atoms. The SMILES string of the molecule is CCC(C)(C)N(C)S(=O)(=O)c1cnn(CCCCl)c1. The molecule has 7 heteroatoms. The molecule has 0 fully saturated rings. The molecule has 0 amide bonds. The minimum atomic E-state index is -3.50. The molecule has 1 aromatic rings. The van der Waals surface area contributed by atoms with Crippen LogP contribution in [0.4, 0.5) is 0 Å². The first kappa shape index (κ1) is 16.5. The van der Waals surface area contributed by atoms with Crippen molar-refractivity contribution in [1.82, 2.24) is 14.1 Å². The molecule has 0 aliphatic heterocycles. The number of alkyl halides is 1.